The SMILES string of the molecule is COC(=O)c1cccc(NC(=O)CCCOc2ccc(Br)cc2Cl)c1. The molecule has 2 aromatic carbocycles. The Bertz CT molecular complexity index is 766. The highest BCUT2D eigenvalue weighted by atomic mass is 79.9. The van der Waals surface area contributed by atoms with E-state index in [0.29, 0.717) is 35.1 Å². The maximum Gasteiger partial charge on any atom is 0.337 e. The molecule has 0 spiro atoms. The van der Waals surface area contributed by atoms with Crippen molar-refractivity contribution in [3.8, 4) is 5.75 Å². The highest BCUT2D eigenvalue weighted by Gasteiger charge is 2.08. The Labute approximate surface area is 159 Å². The van der Waals surface area contributed by atoms with Crippen molar-refractivity contribution in [3.63, 3.8) is 0 Å². The molecule has 25 heavy (non-hydrogen) atoms. The number of carbonyl (C=O) groups excluding carboxylic acids is 2. The molecule has 0 heterocycles. The monoisotopic (exact) mass is 425 g/mol. The number of esters is 1. The molecule has 0 saturated heterocycles. The van der Waals surface area contributed by atoms with Crippen LogP contribution in [0.1, 0.15) is 23.2 Å². The molecule has 0 saturated carbocycles. The first-order valence-corrected chi connectivity index (χ1v) is 8.73. The molecular weight excluding hydrogens is 410 g/mol. The van der Waals surface area contributed by atoms with Crippen molar-refractivity contribution in [2.75, 3.05) is 19.0 Å². The van der Waals surface area contributed by atoms with Crippen LogP contribution in [0, 0.1) is 0 Å². The number of methoxy groups -OCH3 is 1. The van der Waals surface area contributed by atoms with E-state index in [1.807, 2.05) is 6.07 Å². The van der Waals surface area contributed by atoms with E-state index in [9.17, 15) is 9.59 Å². The number of carbonyl (C=O) groups is 2. The molecule has 132 valence electrons. The van der Waals surface area contributed by atoms with Crippen molar-refractivity contribution in [1.82, 2.24) is 0 Å². The smallest absolute Gasteiger partial charge is 0.337 e. The van der Waals surface area contributed by atoms with E-state index < -0.39 is 5.97 Å². The van der Waals surface area contributed by atoms with Crippen LogP contribution in [0.15, 0.2) is 46.9 Å². The van der Waals surface area contributed by atoms with Gasteiger partial charge >= 0.3 is 5.97 Å². The summed E-state index contributed by atoms with van der Waals surface area (Å²) in [7, 11) is 1.31. The maximum atomic E-state index is 12.0. The second-order valence-electron chi connectivity index (χ2n) is 5.15. The third-order valence-corrected chi connectivity index (χ3v) is 4.06. The summed E-state index contributed by atoms with van der Waals surface area (Å²) in [6.45, 7) is 0.372. The zero-order valence-electron chi connectivity index (χ0n) is 13.6. The molecule has 0 atom stereocenters. The molecule has 0 radical (unpaired) electrons. The van der Waals surface area contributed by atoms with Crippen LogP contribution in [0.4, 0.5) is 5.69 Å². The van der Waals surface area contributed by atoms with Crippen LogP contribution < -0.4 is 10.1 Å². The van der Waals surface area contributed by atoms with E-state index in [0.717, 1.165) is 4.47 Å². The third-order valence-electron chi connectivity index (χ3n) is 3.27. The summed E-state index contributed by atoms with van der Waals surface area (Å²) in [4.78, 5) is 23.5. The highest BCUT2D eigenvalue weighted by molar-refractivity contribution is 9.10. The highest BCUT2D eigenvalue weighted by Crippen LogP contribution is 2.27. The van der Waals surface area contributed by atoms with E-state index in [-0.39, 0.29) is 12.3 Å². The van der Waals surface area contributed by atoms with Gasteiger partial charge in [0.15, 0.2) is 0 Å². The first kappa shape index (κ1) is 19.3. The summed E-state index contributed by atoms with van der Waals surface area (Å²) < 4.78 is 11.1. The van der Waals surface area contributed by atoms with Gasteiger partial charge in [-0.2, -0.15) is 0 Å². The lowest BCUT2D eigenvalue weighted by Crippen LogP contribution is -2.13. The molecule has 1 amide bonds. The number of ether oxygens (including phenoxy) is 2. The van der Waals surface area contributed by atoms with Gasteiger partial charge in [0, 0.05) is 16.6 Å². The van der Waals surface area contributed by atoms with Gasteiger partial charge in [-0.25, -0.2) is 4.79 Å². The van der Waals surface area contributed by atoms with Crippen LogP contribution in [-0.4, -0.2) is 25.6 Å². The summed E-state index contributed by atoms with van der Waals surface area (Å²) in [5.74, 6) is -0.0283. The quantitative estimate of drug-likeness (QED) is 0.515. The van der Waals surface area contributed by atoms with Crippen LogP contribution in [0.5, 0.6) is 5.75 Å². The molecule has 0 unspecified atom stereocenters. The van der Waals surface area contributed by atoms with Crippen molar-refractivity contribution in [3.05, 3.63) is 57.5 Å². The Morgan fingerprint density at radius 2 is 2.00 bits per heavy atom. The zero-order chi connectivity index (χ0) is 18.2. The van der Waals surface area contributed by atoms with Crippen molar-refractivity contribution in [2.45, 2.75) is 12.8 Å². The molecule has 0 aliphatic carbocycles. The first-order valence-electron chi connectivity index (χ1n) is 7.55. The normalized spacial score (nSPS) is 10.2. The average molecular weight is 427 g/mol. The molecule has 0 fully saturated rings. The molecule has 7 heteroatoms. The topological polar surface area (TPSA) is 64.6 Å². The number of halogens is 2. The van der Waals surface area contributed by atoms with Gasteiger partial charge in [-0.3, -0.25) is 4.79 Å². The largest absolute Gasteiger partial charge is 0.492 e. The Hall–Kier alpha value is -2.05. The summed E-state index contributed by atoms with van der Waals surface area (Å²) in [6.07, 6.45) is 0.825. The van der Waals surface area contributed by atoms with Gasteiger partial charge in [0.25, 0.3) is 0 Å². The predicted molar refractivity (Wildman–Crippen MR) is 100 cm³/mol. The number of nitrogens with one attached hydrogen (secondary N) is 1. The molecule has 2 aromatic rings. The Balaban J connectivity index is 1.78. The molecule has 0 aliphatic heterocycles. The number of hydrogen-bond acceptors (Lipinski definition) is 4. The van der Waals surface area contributed by atoms with E-state index >= 15 is 0 Å². The van der Waals surface area contributed by atoms with Crippen LogP contribution in [0.2, 0.25) is 5.02 Å². The summed E-state index contributed by atoms with van der Waals surface area (Å²) in [5.41, 5.74) is 0.929. The number of anilines is 1. The van der Waals surface area contributed by atoms with E-state index in [1.54, 1.807) is 36.4 Å². The van der Waals surface area contributed by atoms with Gasteiger partial charge < -0.3 is 14.8 Å². The lowest BCUT2D eigenvalue weighted by Gasteiger charge is -2.09. The minimum atomic E-state index is -0.448. The summed E-state index contributed by atoms with van der Waals surface area (Å²) in [5, 5.41) is 3.26. The minimum absolute atomic E-state index is 0.160. The Kier molecular flexibility index (Phi) is 7.28. The Morgan fingerprint density at radius 3 is 2.72 bits per heavy atom. The lowest BCUT2D eigenvalue weighted by molar-refractivity contribution is -0.116. The van der Waals surface area contributed by atoms with Crippen LogP contribution in [0.25, 0.3) is 0 Å². The maximum absolute atomic E-state index is 12.0. The number of benzene rings is 2. The predicted octanol–water partition coefficient (Wildman–Crippen LogP) is 4.69. The fraction of sp³-hybridized carbons (Fsp3) is 0.222. The molecule has 0 bridgehead atoms. The van der Waals surface area contributed by atoms with Crippen LogP contribution >= 0.6 is 27.5 Å². The van der Waals surface area contributed by atoms with Crippen LogP contribution in [-0.2, 0) is 9.53 Å². The molecular formula is C18H17BrClNO4. The molecule has 0 aliphatic rings. The van der Waals surface area contributed by atoms with Crippen molar-refractivity contribution < 1.29 is 19.1 Å². The summed E-state index contributed by atoms with van der Waals surface area (Å²) in [6, 6.07) is 11.9. The molecule has 1 N–H and O–H groups in total. The van der Waals surface area contributed by atoms with E-state index in [2.05, 4.69) is 26.0 Å². The van der Waals surface area contributed by atoms with Crippen molar-refractivity contribution >= 4 is 45.1 Å². The van der Waals surface area contributed by atoms with Crippen molar-refractivity contribution in [2.24, 2.45) is 0 Å². The lowest BCUT2D eigenvalue weighted by atomic mass is 10.2. The first-order chi connectivity index (χ1) is 12.0. The molecule has 0 aromatic heterocycles. The van der Waals surface area contributed by atoms with Gasteiger partial charge in [0.1, 0.15) is 5.75 Å². The number of hydrogen-bond donors (Lipinski definition) is 1. The fourth-order valence-electron chi connectivity index (χ4n) is 2.07. The van der Waals surface area contributed by atoms with Gasteiger partial charge in [-0.05, 0) is 42.8 Å². The zero-order valence-corrected chi connectivity index (χ0v) is 15.9. The van der Waals surface area contributed by atoms with Crippen molar-refractivity contribution in [1.29, 1.82) is 0 Å². The fourth-order valence-corrected chi connectivity index (χ4v) is 2.80. The number of amides is 1. The standard InChI is InChI=1S/C18H17BrClNO4/c1-24-18(23)12-4-2-5-14(10-12)21-17(22)6-3-9-25-16-8-7-13(19)11-15(16)20/h2,4-5,7-8,10-11H,3,6,9H2,1H3,(H,21,22). The van der Waals surface area contributed by atoms with Crippen LogP contribution in [0.3, 0.4) is 0 Å². The Morgan fingerprint density at radius 1 is 1.20 bits per heavy atom. The molecule has 5 nitrogen and oxygen atoms in total. The number of rotatable bonds is 7. The second kappa shape index (κ2) is 9.44. The average Bonchev–Trinajstić information content (AvgIpc) is 2.59. The van der Waals surface area contributed by atoms with E-state index in [1.165, 1.54) is 7.11 Å². The van der Waals surface area contributed by atoms with Gasteiger partial charge in [0.05, 0.1) is 24.3 Å². The second-order valence-corrected chi connectivity index (χ2v) is 6.47. The molecule has 2 rings (SSSR count). The van der Waals surface area contributed by atoms with Gasteiger partial charge in [-0.15, -0.1) is 0 Å². The summed E-state index contributed by atoms with van der Waals surface area (Å²) >= 11 is 9.38. The van der Waals surface area contributed by atoms with E-state index in [4.69, 9.17) is 16.3 Å². The van der Waals surface area contributed by atoms with Gasteiger partial charge in [0.2, 0.25) is 5.91 Å². The third kappa shape index (κ3) is 6.07. The van der Waals surface area contributed by atoms with Gasteiger partial charge in [-0.1, -0.05) is 33.6 Å². The minimum Gasteiger partial charge on any atom is -0.492 e.